The highest BCUT2D eigenvalue weighted by molar-refractivity contribution is 9.11. The molecule has 0 bridgehead atoms. The van der Waals surface area contributed by atoms with Crippen LogP contribution >= 0.6 is 38.9 Å². The van der Waals surface area contributed by atoms with Gasteiger partial charge in [0.15, 0.2) is 9.84 Å². The molecular formula is C10H12BrClO3S2. The van der Waals surface area contributed by atoms with Gasteiger partial charge in [-0.05, 0) is 34.8 Å². The maximum absolute atomic E-state index is 11.9. The average molecular weight is 360 g/mol. The second-order valence-electron chi connectivity index (χ2n) is 4.12. The molecule has 3 nitrogen and oxygen atoms in total. The number of halogens is 2. The monoisotopic (exact) mass is 358 g/mol. The molecule has 7 heteroatoms. The van der Waals surface area contributed by atoms with Crippen LogP contribution in [0.2, 0.25) is 5.02 Å². The molecule has 0 amide bonds. The summed E-state index contributed by atoms with van der Waals surface area (Å²) in [7, 11) is -3.18. The lowest BCUT2D eigenvalue weighted by Crippen LogP contribution is -2.33. The standard InChI is InChI=1S/C10H12BrClO3S2/c11-10-6(12)5-7(16-10)9(13)8-3-1-2-4-17(8,14)15/h5,8-9,13H,1-4H2. The molecule has 2 rings (SSSR count). The zero-order valence-corrected chi connectivity index (χ0v) is 12.9. The molecule has 2 heterocycles. The third kappa shape index (κ3) is 2.87. The Balaban J connectivity index is 2.27. The Morgan fingerprint density at radius 2 is 2.24 bits per heavy atom. The van der Waals surface area contributed by atoms with Crippen LogP contribution in [-0.2, 0) is 9.84 Å². The van der Waals surface area contributed by atoms with E-state index in [4.69, 9.17) is 11.6 Å². The van der Waals surface area contributed by atoms with Gasteiger partial charge in [0.25, 0.3) is 0 Å². The van der Waals surface area contributed by atoms with E-state index in [2.05, 4.69) is 15.9 Å². The summed E-state index contributed by atoms with van der Waals surface area (Å²) in [6, 6.07) is 1.63. The summed E-state index contributed by atoms with van der Waals surface area (Å²) in [5.74, 6) is 0.176. The maximum Gasteiger partial charge on any atom is 0.156 e. The van der Waals surface area contributed by atoms with Crippen molar-refractivity contribution in [2.24, 2.45) is 0 Å². The number of hydrogen-bond donors (Lipinski definition) is 1. The number of hydrogen-bond acceptors (Lipinski definition) is 4. The van der Waals surface area contributed by atoms with Crippen molar-refractivity contribution >= 4 is 48.7 Å². The normalized spacial score (nSPS) is 25.7. The third-order valence-corrected chi connectivity index (χ3v) is 7.76. The Morgan fingerprint density at radius 1 is 1.53 bits per heavy atom. The highest BCUT2D eigenvalue weighted by Gasteiger charge is 2.36. The highest BCUT2D eigenvalue weighted by atomic mass is 79.9. The summed E-state index contributed by atoms with van der Waals surface area (Å²) in [6.45, 7) is 0. The summed E-state index contributed by atoms with van der Waals surface area (Å²) < 4.78 is 24.5. The van der Waals surface area contributed by atoms with Crippen LogP contribution in [0, 0.1) is 0 Å². The van der Waals surface area contributed by atoms with Crippen molar-refractivity contribution in [3.8, 4) is 0 Å². The predicted molar refractivity (Wildman–Crippen MR) is 73.4 cm³/mol. The van der Waals surface area contributed by atoms with Crippen LogP contribution in [0.1, 0.15) is 30.2 Å². The van der Waals surface area contributed by atoms with Crippen molar-refractivity contribution in [1.29, 1.82) is 0 Å². The van der Waals surface area contributed by atoms with Crippen molar-refractivity contribution in [3.63, 3.8) is 0 Å². The van der Waals surface area contributed by atoms with E-state index in [9.17, 15) is 13.5 Å². The molecule has 2 unspecified atom stereocenters. The first-order valence-electron chi connectivity index (χ1n) is 5.26. The lowest BCUT2D eigenvalue weighted by molar-refractivity contribution is 0.168. The number of thiophene rings is 1. The largest absolute Gasteiger partial charge is 0.386 e. The molecular weight excluding hydrogens is 348 g/mol. The molecule has 0 saturated carbocycles. The second kappa shape index (κ2) is 5.17. The smallest absolute Gasteiger partial charge is 0.156 e. The van der Waals surface area contributed by atoms with Crippen LogP contribution < -0.4 is 0 Å². The van der Waals surface area contributed by atoms with Gasteiger partial charge in [-0.15, -0.1) is 11.3 Å². The fraction of sp³-hybridized carbons (Fsp3) is 0.600. The Kier molecular flexibility index (Phi) is 4.20. The Bertz CT molecular complexity index is 492. The van der Waals surface area contributed by atoms with Crippen LogP contribution in [0.25, 0.3) is 0 Å². The Labute approximate surface area is 118 Å². The zero-order chi connectivity index (χ0) is 12.6. The molecule has 1 saturated heterocycles. The average Bonchev–Trinajstić information content (AvgIpc) is 2.58. The lowest BCUT2D eigenvalue weighted by atomic mass is 10.1. The molecule has 2 atom stereocenters. The first-order valence-corrected chi connectivity index (χ1v) is 8.96. The van der Waals surface area contributed by atoms with Crippen molar-refractivity contribution in [2.75, 3.05) is 5.75 Å². The van der Waals surface area contributed by atoms with Crippen LogP contribution in [0.5, 0.6) is 0 Å². The summed E-state index contributed by atoms with van der Waals surface area (Å²) in [6.07, 6.45) is 1.10. The van der Waals surface area contributed by atoms with E-state index in [1.54, 1.807) is 6.07 Å². The van der Waals surface area contributed by atoms with Gasteiger partial charge in [0.2, 0.25) is 0 Å². The van der Waals surface area contributed by atoms with Crippen molar-refractivity contribution in [3.05, 3.63) is 19.8 Å². The molecule has 0 aliphatic carbocycles. The lowest BCUT2D eigenvalue weighted by Gasteiger charge is -2.25. The minimum atomic E-state index is -3.18. The topological polar surface area (TPSA) is 54.4 Å². The van der Waals surface area contributed by atoms with Crippen LogP contribution in [0.3, 0.4) is 0 Å². The highest BCUT2D eigenvalue weighted by Crippen LogP contribution is 2.39. The van der Waals surface area contributed by atoms with Gasteiger partial charge < -0.3 is 5.11 Å². The van der Waals surface area contributed by atoms with Crippen LogP contribution in [0.15, 0.2) is 9.85 Å². The van der Waals surface area contributed by atoms with E-state index in [1.807, 2.05) is 0 Å². The van der Waals surface area contributed by atoms with Gasteiger partial charge in [-0.2, -0.15) is 0 Å². The van der Waals surface area contributed by atoms with Crippen molar-refractivity contribution in [2.45, 2.75) is 30.6 Å². The Morgan fingerprint density at radius 3 is 2.76 bits per heavy atom. The molecule has 0 aromatic carbocycles. The minimum Gasteiger partial charge on any atom is -0.386 e. The first-order chi connectivity index (χ1) is 7.92. The molecule has 1 aliphatic rings. The summed E-state index contributed by atoms with van der Waals surface area (Å²) in [5.41, 5.74) is 0. The molecule has 17 heavy (non-hydrogen) atoms. The van der Waals surface area contributed by atoms with Gasteiger partial charge in [-0.3, -0.25) is 0 Å². The van der Waals surface area contributed by atoms with Crippen molar-refractivity contribution in [1.82, 2.24) is 0 Å². The molecule has 1 aromatic heterocycles. The van der Waals surface area contributed by atoms with E-state index in [0.717, 1.165) is 10.2 Å². The first kappa shape index (κ1) is 13.8. The predicted octanol–water partition coefficient (Wildman–Crippen LogP) is 3.16. The van der Waals surface area contributed by atoms with E-state index in [1.165, 1.54) is 11.3 Å². The van der Waals surface area contributed by atoms with Gasteiger partial charge >= 0.3 is 0 Å². The SMILES string of the molecule is O=S1(=O)CCCCC1C(O)c1cc(Cl)c(Br)s1. The van der Waals surface area contributed by atoms with Gasteiger partial charge in [0.1, 0.15) is 6.10 Å². The van der Waals surface area contributed by atoms with Crippen LogP contribution in [0.4, 0.5) is 0 Å². The van der Waals surface area contributed by atoms with Crippen LogP contribution in [-0.4, -0.2) is 24.5 Å². The fourth-order valence-electron chi connectivity index (χ4n) is 2.03. The van der Waals surface area contributed by atoms with E-state index >= 15 is 0 Å². The number of sulfone groups is 1. The van der Waals surface area contributed by atoms with Gasteiger partial charge in [0.05, 0.1) is 19.8 Å². The molecule has 1 fully saturated rings. The number of aliphatic hydroxyl groups excluding tert-OH is 1. The van der Waals surface area contributed by atoms with E-state index in [0.29, 0.717) is 22.7 Å². The summed E-state index contributed by atoms with van der Waals surface area (Å²) >= 11 is 10.4. The zero-order valence-electron chi connectivity index (χ0n) is 8.90. The minimum absolute atomic E-state index is 0.176. The Hall–Kier alpha value is 0.380. The second-order valence-corrected chi connectivity index (χ2v) is 9.26. The molecule has 1 aromatic rings. The summed E-state index contributed by atoms with van der Waals surface area (Å²) in [4.78, 5) is 0.609. The van der Waals surface area contributed by atoms with Crippen molar-refractivity contribution < 1.29 is 13.5 Å². The van der Waals surface area contributed by atoms with E-state index < -0.39 is 21.2 Å². The maximum atomic E-state index is 11.9. The molecule has 1 aliphatic heterocycles. The number of aliphatic hydroxyl groups is 1. The molecule has 1 N–H and O–H groups in total. The fourth-order valence-corrected chi connectivity index (χ4v) is 5.89. The molecule has 0 radical (unpaired) electrons. The quantitative estimate of drug-likeness (QED) is 0.882. The van der Waals surface area contributed by atoms with E-state index in [-0.39, 0.29) is 5.75 Å². The third-order valence-electron chi connectivity index (χ3n) is 2.94. The molecule has 96 valence electrons. The van der Waals surface area contributed by atoms with Gasteiger partial charge in [-0.1, -0.05) is 18.0 Å². The number of rotatable bonds is 2. The van der Waals surface area contributed by atoms with Gasteiger partial charge in [0, 0.05) is 4.88 Å². The van der Waals surface area contributed by atoms with Gasteiger partial charge in [-0.25, -0.2) is 8.42 Å². The summed E-state index contributed by atoms with van der Waals surface area (Å²) in [5, 5.41) is 10.00. The molecule has 0 spiro atoms.